The lowest BCUT2D eigenvalue weighted by Gasteiger charge is -2.45. The molecular weight excluding hydrogens is 332 g/mol. The first kappa shape index (κ1) is 16.8. The fourth-order valence-corrected chi connectivity index (χ4v) is 4.11. The second-order valence-electron chi connectivity index (χ2n) is 7.17. The number of aromatic nitrogens is 2. The highest BCUT2D eigenvalue weighted by Crippen LogP contribution is 2.40. The maximum absolute atomic E-state index is 12.7. The molecule has 0 aromatic carbocycles. The minimum absolute atomic E-state index is 0.0383. The standard InChI is InChI=1S/C19H22N4O3/c1-14-16(13-26-21-14)18(25)22-10-6-19(7-11-22)5-2-17(24)23(19)12-15-3-8-20-9-4-15/h3-4,8-9,13H,2,5-7,10-12H2,1H3. The fraction of sp³-hybridized carbons (Fsp3) is 0.474. The summed E-state index contributed by atoms with van der Waals surface area (Å²) < 4.78 is 4.89. The number of nitrogens with zero attached hydrogens (tertiary/aromatic N) is 4. The van der Waals surface area contributed by atoms with E-state index in [1.54, 1.807) is 19.3 Å². The number of piperidine rings is 1. The molecule has 0 atom stereocenters. The van der Waals surface area contributed by atoms with Crippen LogP contribution in [-0.4, -0.2) is 50.4 Å². The minimum Gasteiger partial charge on any atom is -0.364 e. The molecule has 2 aromatic heterocycles. The van der Waals surface area contributed by atoms with Crippen molar-refractivity contribution in [3.63, 3.8) is 0 Å². The van der Waals surface area contributed by atoms with Gasteiger partial charge in [0.25, 0.3) is 5.91 Å². The van der Waals surface area contributed by atoms with Crippen LogP contribution in [0.15, 0.2) is 35.3 Å². The van der Waals surface area contributed by atoms with Gasteiger partial charge in [-0.1, -0.05) is 5.16 Å². The van der Waals surface area contributed by atoms with Gasteiger partial charge in [0.05, 0.1) is 5.69 Å². The molecule has 0 aliphatic carbocycles. The molecule has 2 amide bonds. The zero-order chi connectivity index (χ0) is 18.1. The Morgan fingerprint density at radius 2 is 1.96 bits per heavy atom. The van der Waals surface area contributed by atoms with Crippen LogP contribution in [0.4, 0.5) is 0 Å². The summed E-state index contributed by atoms with van der Waals surface area (Å²) in [5.41, 5.74) is 2.09. The molecule has 0 saturated carbocycles. The van der Waals surface area contributed by atoms with Crippen molar-refractivity contribution in [3.8, 4) is 0 Å². The number of rotatable bonds is 3. The minimum atomic E-state index is -0.138. The molecule has 26 heavy (non-hydrogen) atoms. The van der Waals surface area contributed by atoms with E-state index in [2.05, 4.69) is 10.1 Å². The average molecular weight is 354 g/mol. The van der Waals surface area contributed by atoms with Gasteiger partial charge >= 0.3 is 0 Å². The quantitative estimate of drug-likeness (QED) is 0.844. The van der Waals surface area contributed by atoms with Crippen LogP contribution < -0.4 is 0 Å². The van der Waals surface area contributed by atoms with Gasteiger partial charge < -0.3 is 14.3 Å². The van der Waals surface area contributed by atoms with Gasteiger partial charge in [0.1, 0.15) is 11.8 Å². The number of likely N-dealkylation sites (tertiary alicyclic amines) is 2. The van der Waals surface area contributed by atoms with E-state index in [9.17, 15) is 9.59 Å². The maximum atomic E-state index is 12.7. The van der Waals surface area contributed by atoms with Crippen molar-refractivity contribution in [3.05, 3.63) is 47.6 Å². The Hall–Kier alpha value is -2.70. The van der Waals surface area contributed by atoms with Crippen LogP contribution in [0.1, 0.15) is 47.3 Å². The third-order valence-corrected chi connectivity index (χ3v) is 5.73. The van der Waals surface area contributed by atoms with Crippen LogP contribution in [0.3, 0.4) is 0 Å². The number of carbonyl (C=O) groups excluding carboxylic acids is 2. The monoisotopic (exact) mass is 354 g/mol. The Bertz CT molecular complexity index is 809. The van der Waals surface area contributed by atoms with Crippen molar-refractivity contribution in [1.82, 2.24) is 19.9 Å². The Morgan fingerprint density at radius 3 is 2.62 bits per heavy atom. The molecule has 2 aliphatic rings. The summed E-state index contributed by atoms with van der Waals surface area (Å²) in [4.78, 5) is 33.1. The van der Waals surface area contributed by atoms with Crippen LogP contribution in [0.5, 0.6) is 0 Å². The topological polar surface area (TPSA) is 79.5 Å². The number of hydrogen-bond acceptors (Lipinski definition) is 5. The van der Waals surface area contributed by atoms with Crippen molar-refractivity contribution in [2.45, 2.75) is 44.7 Å². The molecule has 0 N–H and O–H groups in total. The second-order valence-corrected chi connectivity index (χ2v) is 7.17. The van der Waals surface area contributed by atoms with Crippen LogP contribution in [-0.2, 0) is 11.3 Å². The zero-order valence-corrected chi connectivity index (χ0v) is 14.9. The van der Waals surface area contributed by atoms with Gasteiger partial charge in [0.15, 0.2) is 0 Å². The van der Waals surface area contributed by atoms with E-state index >= 15 is 0 Å². The van der Waals surface area contributed by atoms with E-state index in [0.29, 0.717) is 37.3 Å². The molecule has 0 unspecified atom stereocenters. The summed E-state index contributed by atoms with van der Waals surface area (Å²) in [6.07, 6.45) is 7.99. The lowest BCUT2D eigenvalue weighted by Crippen LogP contribution is -2.53. The summed E-state index contributed by atoms with van der Waals surface area (Å²) in [6, 6.07) is 3.90. The molecule has 0 radical (unpaired) electrons. The molecule has 2 saturated heterocycles. The first-order valence-corrected chi connectivity index (χ1v) is 8.99. The zero-order valence-electron chi connectivity index (χ0n) is 14.9. The molecule has 2 fully saturated rings. The van der Waals surface area contributed by atoms with E-state index in [1.807, 2.05) is 21.9 Å². The molecular formula is C19H22N4O3. The van der Waals surface area contributed by atoms with Crippen LogP contribution >= 0.6 is 0 Å². The number of amides is 2. The van der Waals surface area contributed by atoms with E-state index in [-0.39, 0.29) is 17.4 Å². The Morgan fingerprint density at radius 1 is 1.23 bits per heavy atom. The summed E-state index contributed by atoms with van der Waals surface area (Å²) in [5, 5.41) is 3.79. The molecule has 4 heterocycles. The fourth-order valence-electron chi connectivity index (χ4n) is 4.11. The number of hydrogen-bond donors (Lipinski definition) is 0. The highest BCUT2D eigenvalue weighted by Gasteiger charge is 2.47. The van der Waals surface area contributed by atoms with E-state index in [1.165, 1.54) is 6.26 Å². The third-order valence-electron chi connectivity index (χ3n) is 5.73. The van der Waals surface area contributed by atoms with Gasteiger partial charge in [-0.2, -0.15) is 0 Å². The van der Waals surface area contributed by atoms with Gasteiger partial charge in [-0.05, 0) is 43.9 Å². The first-order chi connectivity index (χ1) is 12.6. The van der Waals surface area contributed by atoms with Crippen LogP contribution in [0.25, 0.3) is 0 Å². The van der Waals surface area contributed by atoms with E-state index in [0.717, 1.165) is 24.8 Å². The van der Waals surface area contributed by atoms with Crippen molar-refractivity contribution in [2.75, 3.05) is 13.1 Å². The molecule has 0 bridgehead atoms. The van der Waals surface area contributed by atoms with Crippen molar-refractivity contribution in [2.24, 2.45) is 0 Å². The summed E-state index contributed by atoms with van der Waals surface area (Å²) in [6.45, 7) is 3.67. The van der Waals surface area contributed by atoms with Gasteiger partial charge in [-0.25, -0.2) is 0 Å². The van der Waals surface area contributed by atoms with Gasteiger partial charge in [0, 0.05) is 44.0 Å². The lowest BCUT2D eigenvalue weighted by molar-refractivity contribution is -0.133. The normalized spacial score (nSPS) is 19.3. The number of aryl methyl sites for hydroxylation is 1. The molecule has 136 valence electrons. The third kappa shape index (κ3) is 2.87. The van der Waals surface area contributed by atoms with E-state index < -0.39 is 0 Å². The molecule has 2 aliphatic heterocycles. The molecule has 7 heteroatoms. The summed E-state index contributed by atoms with van der Waals surface area (Å²) in [5.74, 6) is 0.167. The first-order valence-electron chi connectivity index (χ1n) is 8.99. The molecule has 7 nitrogen and oxygen atoms in total. The highest BCUT2D eigenvalue weighted by atomic mass is 16.5. The maximum Gasteiger partial charge on any atom is 0.259 e. The molecule has 2 aromatic rings. The largest absolute Gasteiger partial charge is 0.364 e. The Labute approximate surface area is 152 Å². The average Bonchev–Trinajstić information content (AvgIpc) is 3.22. The molecule has 1 spiro atoms. The predicted molar refractivity (Wildman–Crippen MR) is 93.1 cm³/mol. The van der Waals surface area contributed by atoms with Gasteiger partial charge in [0.2, 0.25) is 5.91 Å². The van der Waals surface area contributed by atoms with E-state index in [4.69, 9.17) is 4.52 Å². The SMILES string of the molecule is Cc1nocc1C(=O)N1CCC2(CCC(=O)N2Cc2ccncc2)CC1. The van der Waals surface area contributed by atoms with Crippen LogP contribution in [0.2, 0.25) is 0 Å². The number of carbonyl (C=O) groups is 2. The summed E-state index contributed by atoms with van der Waals surface area (Å²) in [7, 11) is 0. The van der Waals surface area contributed by atoms with Crippen molar-refractivity contribution in [1.29, 1.82) is 0 Å². The number of pyridine rings is 1. The van der Waals surface area contributed by atoms with Crippen molar-refractivity contribution < 1.29 is 14.1 Å². The van der Waals surface area contributed by atoms with Gasteiger partial charge in [-0.15, -0.1) is 0 Å². The van der Waals surface area contributed by atoms with Gasteiger partial charge in [-0.3, -0.25) is 14.6 Å². The lowest BCUT2D eigenvalue weighted by atomic mass is 9.84. The Balaban J connectivity index is 1.47. The summed E-state index contributed by atoms with van der Waals surface area (Å²) >= 11 is 0. The van der Waals surface area contributed by atoms with Crippen molar-refractivity contribution >= 4 is 11.8 Å². The second kappa shape index (κ2) is 6.55. The molecule has 4 rings (SSSR count). The predicted octanol–water partition coefficient (Wildman–Crippen LogP) is 2.18. The Kier molecular flexibility index (Phi) is 4.22. The smallest absolute Gasteiger partial charge is 0.259 e. The highest BCUT2D eigenvalue weighted by molar-refractivity contribution is 5.95. The van der Waals surface area contributed by atoms with Crippen LogP contribution in [0, 0.1) is 6.92 Å².